The van der Waals surface area contributed by atoms with Crippen molar-refractivity contribution < 1.29 is 0 Å². The Morgan fingerprint density at radius 3 is 2.70 bits per heavy atom. The molecule has 0 unspecified atom stereocenters. The zero-order valence-corrected chi connectivity index (χ0v) is 12.1. The second-order valence-electron chi connectivity index (χ2n) is 4.68. The lowest BCUT2D eigenvalue weighted by Crippen LogP contribution is -2.36. The van der Waals surface area contributed by atoms with Crippen molar-refractivity contribution in [1.29, 1.82) is 0 Å². The molecule has 0 atom stereocenters. The standard InChI is InChI=1S/C14H17ClN4O/c1-2-3-13-17-14(16)12(18-20)9-19(13)8-10-4-6-11(15)7-5-10/h4-7H,2-3,8-9,16H2,1H3. The van der Waals surface area contributed by atoms with E-state index >= 15 is 0 Å². The van der Waals surface area contributed by atoms with Crippen molar-refractivity contribution in [1.82, 2.24) is 4.90 Å². The largest absolute Gasteiger partial charge is 0.382 e. The first-order valence-electron chi connectivity index (χ1n) is 6.53. The smallest absolute Gasteiger partial charge is 0.152 e. The van der Waals surface area contributed by atoms with Gasteiger partial charge in [-0.3, -0.25) is 0 Å². The Morgan fingerprint density at radius 1 is 1.40 bits per heavy atom. The van der Waals surface area contributed by atoms with Gasteiger partial charge >= 0.3 is 0 Å². The number of benzene rings is 1. The van der Waals surface area contributed by atoms with Crippen LogP contribution < -0.4 is 5.73 Å². The molecule has 0 radical (unpaired) electrons. The molecule has 106 valence electrons. The minimum Gasteiger partial charge on any atom is -0.382 e. The number of rotatable bonds is 5. The van der Waals surface area contributed by atoms with Gasteiger partial charge in [0.15, 0.2) is 5.82 Å². The van der Waals surface area contributed by atoms with E-state index in [0.29, 0.717) is 23.8 Å². The summed E-state index contributed by atoms with van der Waals surface area (Å²) in [5.41, 5.74) is 7.13. The molecule has 1 aromatic carbocycles. The van der Waals surface area contributed by atoms with E-state index in [0.717, 1.165) is 24.2 Å². The lowest BCUT2D eigenvalue weighted by atomic mass is 10.1. The number of nitrogens with zero attached hydrogens (tertiary/aromatic N) is 3. The maximum atomic E-state index is 10.8. The van der Waals surface area contributed by atoms with E-state index < -0.39 is 0 Å². The lowest BCUT2D eigenvalue weighted by molar-refractivity contribution is 0.423. The molecule has 0 aliphatic carbocycles. The van der Waals surface area contributed by atoms with E-state index in [2.05, 4.69) is 17.1 Å². The summed E-state index contributed by atoms with van der Waals surface area (Å²) in [5, 5.41) is 3.67. The van der Waals surface area contributed by atoms with Crippen LogP contribution in [0.5, 0.6) is 0 Å². The summed E-state index contributed by atoms with van der Waals surface area (Å²) in [5.74, 6) is 1.13. The third kappa shape index (κ3) is 3.36. The van der Waals surface area contributed by atoms with Gasteiger partial charge in [0.25, 0.3) is 0 Å². The molecular formula is C14H17ClN4O. The number of hydrogen-bond donors (Lipinski definition) is 1. The Labute approximate surface area is 123 Å². The number of nitroso groups, excluding NO2 is 1. The Balaban J connectivity index is 2.19. The molecule has 0 aromatic heterocycles. The van der Waals surface area contributed by atoms with Crippen LogP contribution in [0.25, 0.3) is 0 Å². The molecule has 1 aliphatic rings. The van der Waals surface area contributed by atoms with Crippen LogP contribution in [0, 0.1) is 4.91 Å². The Morgan fingerprint density at radius 2 is 2.10 bits per heavy atom. The summed E-state index contributed by atoms with van der Waals surface area (Å²) < 4.78 is 0. The second kappa shape index (κ2) is 6.52. The molecule has 6 heteroatoms. The van der Waals surface area contributed by atoms with E-state index in [1.165, 1.54) is 0 Å². The molecule has 20 heavy (non-hydrogen) atoms. The van der Waals surface area contributed by atoms with Crippen molar-refractivity contribution in [3.05, 3.63) is 51.3 Å². The maximum Gasteiger partial charge on any atom is 0.152 e. The summed E-state index contributed by atoms with van der Waals surface area (Å²) in [6.07, 6.45) is 1.79. The van der Waals surface area contributed by atoms with Crippen molar-refractivity contribution in [3.8, 4) is 0 Å². The predicted octanol–water partition coefficient (Wildman–Crippen LogP) is 3.25. The highest BCUT2D eigenvalue weighted by molar-refractivity contribution is 6.30. The van der Waals surface area contributed by atoms with Gasteiger partial charge < -0.3 is 10.6 Å². The number of nitrogens with two attached hydrogens (primary N) is 1. The van der Waals surface area contributed by atoms with E-state index in [-0.39, 0.29) is 5.82 Å². The van der Waals surface area contributed by atoms with Gasteiger partial charge in [-0.1, -0.05) is 30.7 Å². The molecule has 1 heterocycles. The lowest BCUT2D eigenvalue weighted by Gasteiger charge is -2.29. The topological polar surface area (TPSA) is 71.0 Å². The first-order chi connectivity index (χ1) is 9.63. The average molecular weight is 293 g/mol. The van der Waals surface area contributed by atoms with Gasteiger partial charge in [-0.2, -0.15) is 0 Å². The van der Waals surface area contributed by atoms with Crippen LogP contribution in [-0.2, 0) is 6.54 Å². The molecule has 1 aliphatic heterocycles. The van der Waals surface area contributed by atoms with Crippen LogP contribution in [0.3, 0.4) is 0 Å². The van der Waals surface area contributed by atoms with Gasteiger partial charge in [0.05, 0.1) is 6.54 Å². The van der Waals surface area contributed by atoms with Gasteiger partial charge in [-0.25, -0.2) is 4.99 Å². The SMILES string of the molecule is CCCC1=NC(N)=C(N=O)CN1Cc1ccc(Cl)cc1. The Kier molecular flexibility index (Phi) is 4.74. The van der Waals surface area contributed by atoms with Crippen molar-refractivity contribution in [2.75, 3.05) is 6.54 Å². The van der Waals surface area contributed by atoms with E-state index in [4.69, 9.17) is 17.3 Å². The van der Waals surface area contributed by atoms with Gasteiger partial charge in [0, 0.05) is 18.0 Å². The van der Waals surface area contributed by atoms with E-state index in [9.17, 15) is 4.91 Å². The van der Waals surface area contributed by atoms with E-state index in [1.807, 2.05) is 29.2 Å². The fourth-order valence-electron chi connectivity index (χ4n) is 2.10. The van der Waals surface area contributed by atoms with Crippen LogP contribution in [-0.4, -0.2) is 17.3 Å². The highest BCUT2D eigenvalue weighted by atomic mass is 35.5. The summed E-state index contributed by atoms with van der Waals surface area (Å²) in [4.78, 5) is 17.1. The third-order valence-corrected chi connectivity index (χ3v) is 3.37. The normalized spacial score (nSPS) is 15.3. The molecule has 0 bridgehead atoms. The number of amidine groups is 1. The fraction of sp³-hybridized carbons (Fsp3) is 0.357. The van der Waals surface area contributed by atoms with Crippen LogP contribution in [0.1, 0.15) is 25.3 Å². The Bertz CT molecular complexity index is 551. The van der Waals surface area contributed by atoms with Crippen LogP contribution >= 0.6 is 11.6 Å². The van der Waals surface area contributed by atoms with Crippen molar-refractivity contribution in [2.24, 2.45) is 15.9 Å². The van der Waals surface area contributed by atoms with Crippen molar-refractivity contribution in [2.45, 2.75) is 26.3 Å². The molecule has 0 fully saturated rings. The number of hydrogen-bond acceptors (Lipinski definition) is 5. The highest BCUT2D eigenvalue weighted by Crippen LogP contribution is 2.19. The minimum atomic E-state index is 0.232. The maximum absolute atomic E-state index is 10.8. The first-order valence-corrected chi connectivity index (χ1v) is 6.90. The molecule has 0 spiro atoms. The summed E-state index contributed by atoms with van der Waals surface area (Å²) in [7, 11) is 0. The summed E-state index contributed by atoms with van der Waals surface area (Å²) in [6.45, 7) is 3.13. The predicted molar refractivity (Wildman–Crippen MR) is 81.2 cm³/mol. The molecule has 2 rings (SSSR count). The summed E-state index contributed by atoms with van der Waals surface area (Å²) >= 11 is 5.88. The number of aliphatic imine (C=N–C) groups is 1. The highest BCUT2D eigenvalue weighted by Gasteiger charge is 2.21. The Hall–Kier alpha value is -1.88. The van der Waals surface area contributed by atoms with Gasteiger partial charge in [0.2, 0.25) is 0 Å². The van der Waals surface area contributed by atoms with Crippen LogP contribution in [0.2, 0.25) is 5.02 Å². The van der Waals surface area contributed by atoms with Crippen molar-refractivity contribution >= 4 is 17.4 Å². The van der Waals surface area contributed by atoms with Crippen molar-refractivity contribution in [3.63, 3.8) is 0 Å². The van der Waals surface area contributed by atoms with E-state index in [1.54, 1.807) is 0 Å². The fourth-order valence-corrected chi connectivity index (χ4v) is 2.22. The first kappa shape index (κ1) is 14.5. The third-order valence-electron chi connectivity index (χ3n) is 3.12. The second-order valence-corrected chi connectivity index (χ2v) is 5.12. The average Bonchev–Trinajstić information content (AvgIpc) is 2.44. The zero-order valence-electron chi connectivity index (χ0n) is 11.3. The zero-order chi connectivity index (χ0) is 14.5. The van der Waals surface area contributed by atoms with Crippen LogP contribution in [0.4, 0.5) is 0 Å². The molecule has 2 N–H and O–H groups in total. The molecular weight excluding hydrogens is 276 g/mol. The van der Waals surface area contributed by atoms with Gasteiger partial charge in [0.1, 0.15) is 11.5 Å². The molecule has 0 amide bonds. The minimum absolute atomic E-state index is 0.232. The van der Waals surface area contributed by atoms with Gasteiger partial charge in [-0.15, -0.1) is 4.91 Å². The van der Waals surface area contributed by atoms with Crippen LogP contribution in [0.15, 0.2) is 46.0 Å². The molecule has 5 nitrogen and oxygen atoms in total. The monoisotopic (exact) mass is 292 g/mol. The molecule has 0 saturated carbocycles. The molecule has 0 saturated heterocycles. The summed E-state index contributed by atoms with van der Waals surface area (Å²) in [6, 6.07) is 7.62. The molecule has 1 aromatic rings. The number of halogens is 1. The van der Waals surface area contributed by atoms with Gasteiger partial charge in [-0.05, 0) is 29.3 Å². The quantitative estimate of drug-likeness (QED) is 0.847.